The number of rotatable bonds is 4. The van der Waals surface area contributed by atoms with E-state index in [1.807, 2.05) is 6.92 Å². The van der Waals surface area contributed by atoms with Gasteiger partial charge in [-0.05, 0) is 38.3 Å². The molecular formula is C20H29N3O5S2. The molecule has 0 bridgehead atoms. The molecule has 3 fully saturated rings. The van der Waals surface area contributed by atoms with E-state index in [1.165, 1.54) is 4.31 Å². The van der Waals surface area contributed by atoms with E-state index in [-0.39, 0.29) is 28.4 Å². The van der Waals surface area contributed by atoms with E-state index in [9.17, 15) is 21.6 Å². The molecule has 0 spiro atoms. The van der Waals surface area contributed by atoms with Gasteiger partial charge in [0.1, 0.15) is 6.04 Å². The van der Waals surface area contributed by atoms with Crippen LogP contribution in [0.25, 0.3) is 0 Å². The van der Waals surface area contributed by atoms with E-state index in [0.717, 1.165) is 5.56 Å². The Bertz CT molecular complexity index is 999. The third-order valence-electron chi connectivity index (χ3n) is 6.47. The summed E-state index contributed by atoms with van der Waals surface area (Å²) in [6, 6.07) is 6.11. The van der Waals surface area contributed by atoms with Crippen molar-refractivity contribution >= 4 is 25.8 Å². The summed E-state index contributed by atoms with van der Waals surface area (Å²) in [5.74, 6) is 0.304. The first-order valence-electron chi connectivity index (χ1n) is 10.5. The zero-order valence-corrected chi connectivity index (χ0v) is 18.9. The number of sulfone groups is 1. The molecule has 166 valence electrons. The standard InChI is InChI=1S/C20H29N3O5S2/c1-16-4-6-18(7-5-16)30(27,28)23-9-2-3-19(23)20(24)22-12-10-21(11-13-22)17-8-14-29(25,26)15-17/h4-7,17,19H,2-3,8-15H2,1H3/t17?,19-/m0/s1. The molecule has 8 nitrogen and oxygen atoms in total. The van der Waals surface area contributed by atoms with Gasteiger partial charge in [-0.1, -0.05) is 17.7 Å². The molecule has 3 aliphatic heterocycles. The zero-order chi connectivity index (χ0) is 21.5. The fraction of sp³-hybridized carbons (Fsp3) is 0.650. The smallest absolute Gasteiger partial charge is 0.243 e. The molecule has 3 heterocycles. The molecule has 4 rings (SSSR count). The molecule has 1 amide bonds. The van der Waals surface area contributed by atoms with E-state index >= 15 is 0 Å². The largest absolute Gasteiger partial charge is 0.339 e. The quantitative estimate of drug-likeness (QED) is 0.655. The number of hydrogen-bond donors (Lipinski definition) is 0. The van der Waals surface area contributed by atoms with Crippen LogP contribution < -0.4 is 0 Å². The topological polar surface area (TPSA) is 95.1 Å². The van der Waals surface area contributed by atoms with Crippen LogP contribution in [0.15, 0.2) is 29.2 Å². The lowest BCUT2D eigenvalue weighted by atomic mass is 10.1. The zero-order valence-electron chi connectivity index (χ0n) is 17.2. The Morgan fingerprint density at radius 2 is 1.67 bits per heavy atom. The molecule has 3 aliphatic rings. The molecule has 0 aliphatic carbocycles. The average molecular weight is 456 g/mol. The Kier molecular flexibility index (Phi) is 5.95. The molecular weight excluding hydrogens is 426 g/mol. The van der Waals surface area contributed by atoms with Crippen molar-refractivity contribution in [3.8, 4) is 0 Å². The van der Waals surface area contributed by atoms with Crippen molar-refractivity contribution in [3.63, 3.8) is 0 Å². The van der Waals surface area contributed by atoms with Crippen molar-refractivity contribution in [2.45, 2.75) is 43.2 Å². The average Bonchev–Trinajstić information content (AvgIpc) is 3.35. The summed E-state index contributed by atoms with van der Waals surface area (Å²) in [5.41, 5.74) is 0.982. The summed E-state index contributed by atoms with van der Waals surface area (Å²) in [6.07, 6.45) is 1.86. The molecule has 0 radical (unpaired) electrons. The molecule has 0 N–H and O–H groups in total. The number of piperazine rings is 1. The summed E-state index contributed by atoms with van der Waals surface area (Å²) in [4.78, 5) is 17.3. The summed E-state index contributed by atoms with van der Waals surface area (Å²) >= 11 is 0. The van der Waals surface area contributed by atoms with Gasteiger partial charge in [-0.2, -0.15) is 4.31 Å². The Hall–Kier alpha value is -1.49. The van der Waals surface area contributed by atoms with Gasteiger partial charge in [0.2, 0.25) is 15.9 Å². The molecule has 3 saturated heterocycles. The molecule has 10 heteroatoms. The Labute approximate surface area is 178 Å². The minimum absolute atomic E-state index is 0.0390. The molecule has 0 saturated carbocycles. The van der Waals surface area contributed by atoms with Crippen molar-refractivity contribution in [1.29, 1.82) is 0 Å². The minimum atomic E-state index is -3.72. The lowest BCUT2D eigenvalue weighted by Crippen LogP contribution is -2.56. The van der Waals surface area contributed by atoms with E-state index in [4.69, 9.17) is 0 Å². The predicted molar refractivity (Wildman–Crippen MR) is 113 cm³/mol. The van der Waals surface area contributed by atoms with Gasteiger partial charge in [-0.15, -0.1) is 0 Å². The van der Waals surface area contributed by atoms with Gasteiger partial charge in [0, 0.05) is 38.8 Å². The third kappa shape index (κ3) is 4.28. The van der Waals surface area contributed by atoms with Crippen LogP contribution in [0.4, 0.5) is 0 Å². The summed E-state index contributed by atoms with van der Waals surface area (Å²) in [5, 5.41) is 0. The molecule has 0 aromatic heterocycles. The van der Waals surface area contributed by atoms with Crippen LogP contribution >= 0.6 is 0 Å². The Balaban J connectivity index is 1.41. The maximum Gasteiger partial charge on any atom is 0.243 e. The highest BCUT2D eigenvalue weighted by atomic mass is 32.2. The number of amides is 1. The second kappa shape index (κ2) is 8.22. The van der Waals surface area contributed by atoms with Gasteiger partial charge in [0.05, 0.1) is 16.4 Å². The van der Waals surface area contributed by atoms with Crippen LogP contribution in [0, 0.1) is 6.92 Å². The second-order valence-electron chi connectivity index (χ2n) is 8.50. The van der Waals surface area contributed by atoms with Gasteiger partial charge >= 0.3 is 0 Å². The number of sulfonamides is 1. The van der Waals surface area contributed by atoms with E-state index in [1.54, 1.807) is 29.2 Å². The molecule has 1 aromatic carbocycles. The molecule has 1 unspecified atom stereocenters. The number of carbonyl (C=O) groups excluding carboxylic acids is 1. The lowest BCUT2D eigenvalue weighted by molar-refractivity contribution is -0.136. The fourth-order valence-corrected chi connectivity index (χ4v) is 8.11. The second-order valence-corrected chi connectivity index (χ2v) is 12.6. The van der Waals surface area contributed by atoms with E-state index in [0.29, 0.717) is 52.0 Å². The number of benzene rings is 1. The van der Waals surface area contributed by atoms with Crippen LogP contribution in [0.1, 0.15) is 24.8 Å². The highest BCUT2D eigenvalue weighted by Gasteiger charge is 2.42. The lowest BCUT2D eigenvalue weighted by Gasteiger charge is -2.39. The normalized spacial score (nSPS) is 28.1. The first kappa shape index (κ1) is 21.7. The van der Waals surface area contributed by atoms with Gasteiger partial charge < -0.3 is 4.90 Å². The van der Waals surface area contributed by atoms with Crippen LogP contribution in [0.3, 0.4) is 0 Å². The van der Waals surface area contributed by atoms with Crippen LogP contribution in [-0.4, -0.2) is 93.2 Å². The van der Waals surface area contributed by atoms with Gasteiger partial charge in [0.25, 0.3) is 0 Å². The first-order valence-corrected chi connectivity index (χ1v) is 13.8. The molecule has 1 aromatic rings. The van der Waals surface area contributed by atoms with Crippen molar-refractivity contribution in [3.05, 3.63) is 29.8 Å². The van der Waals surface area contributed by atoms with Crippen molar-refractivity contribution < 1.29 is 21.6 Å². The SMILES string of the molecule is Cc1ccc(S(=O)(=O)N2CCC[C@H]2C(=O)N2CCN(C3CCS(=O)(=O)C3)CC2)cc1. The maximum absolute atomic E-state index is 13.2. The number of nitrogens with zero attached hydrogens (tertiary/aromatic N) is 3. The van der Waals surface area contributed by atoms with Crippen molar-refractivity contribution in [2.75, 3.05) is 44.2 Å². The van der Waals surface area contributed by atoms with Crippen molar-refractivity contribution in [1.82, 2.24) is 14.1 Å². The van der Waals surface area contributed by atoms with Crippen LogP contribution in [0.2, 0.25) is 0 Å². The summed E-state index contributed by atoms with van der Waals surface area (Å²) < 4.78 is 51.1. The highest BCUT2D eigenvalue weighted by molar-refractivity contribution is 7.91. The third-order valence-corrected chi connectivity index (χ3v) is 10.1. The summed E-state index contributed by atoms with van der Waals surface area (Å²) in [6.45, 7) is 4.52. The predicted octanol–water partition coefficient (Wildman–Crippen LogP) is 0.479. The number of carbonyl (C=O) groups is 1. The molecule has 2 atom stereocenters. The van der Waals surface area contributed by atoms with Gasteiger partial charge in [-0.25, -0.2) is 16.8 Å². The highest BCUT2D eigenvalue weighted by Crippen LogP contribution is 2.28. The Morgan fingerprint density at radius 3 is 2.27 bits per heavy atom. The van der Waals surface area contributed by atoms with Crippen molar-refractivity contribution in [2.24, 2.45) is 0 Å². The van der Waals surface area contributed by atoms with Crippen LogP contribution in [-0.2, 0) is 24.7 Å². The van der Waals surface area contributed by atoms with Gasteiger partial charge in [-0.3, -0.25) is 9.69 Å². The van der Waals surface area contributed by atoms with E-state index in [2.05, 4.69) is 4.90 Å². The Morgan fingerprint density at radius 1 is 1.00 bits per heavy atom. The van der Waals surface area contributed by atoms with Gasteiger partial charge in [0.15, 0.2) is 9.84 Å². The summed E-state index contributed by atoms with van der Waals surface area (Å²) in [7, 11) is -6.65. The number of aryl methyl sites for hydroxylation is 1. The first-order chi connectivity index (χ1) is 14.2. The molecule has 30 heavy (non-hydrogen) atoms. The maximum atomic E-state index is 13.2. The van der Waals surface area contributed by atoms with E-state index < -0.39 is 25.9 Å². The fourth-order valence-electron chi connectivity index (χ4n) is 4.70. The van der Waals surface area contributed by atoms with Crippen LogP contribution in [0.5, 0.6) is 0 Å². The number of hydrogen-bond acceptors (Lipinski definition) is 6. The minimum Gasteiger partial charge on any atom is -0.339 e. The monoisotopic (exact) mass is 455 g/mol.